The largest absolute Gasteiger partial charge is 0.483 e. The summed E-state index contributed by atoms with van der Waals surface area (Å²) in [6.07, 6.45) is -9.58. The molecule has 5 rings (SSSR count). The molecule has 278 valence electrons. The molecule has 50 heavy (non-hydrogen) atoms. The zero-order valence-corrected chi connectivity index (χ0v) is 27.7. The van der Waals surface area contributed by atoms with Gasteiger partial charge >= 0.3 is 12.4 Å². The number of amides is 1. The molecule has 2 aromatic rings. The van der Waals surface area contributed by atoms with Crippen LogP contribution in [0.25, 0.3) is 0 Å². The molecule has 1 saturated heterocycles. The number of ether oxygens (including phenoxy) is 1. The van der Waals surface area contributed by atoms with E-state index in [-0.39, 0.29) is 61.1 Å². The first kappa shape index (κ1) is 39.6. The SMILES string of the molecule is O=C(C1CCCCC1)N1CC[C@](c2ccc(C(OCC3CCC(F)(F)CC3)(C(F)(F)F)C(F)(F)F)cc2)(S(=O)c2ccc(F)cc2)C1.O=CO. The minimum absolute atomic E-state index is 0.0985. The van der Waals surface area contributed by atoms with Crippen LogP contribution in [0.4, 0.5) is 39.5 Å². The molecule has 2 aliphatic carbocycles. The predicted molar refractivity (Wildman–Crippen MR) is 164 cm³/mol. The average molecular weight is 744 g/mol. The molecule has 2 aromatic carbocycles. The van der Waals surface area contributed by atoms with Crippen molar-refractivity contribution in [2.24, 2.45) is 11.8 Å². The number of carbonyl (C=O) groups excluding carboxylic acids is 1. The molecule has 0 radical (unpaired) electrons. The van der Waals surface area contributed by atoms with Crippen molar-refractivity contribution in [3.05, 3.63) is 65.5 Å². The van der Waals surface area contributed by atoms with Crippen LogP contribution in [0.5, 0.6) is 0 Å². The number of carboxylic acid groups (broad SMARTS) is 1. The third-order valence-corrected chi connectivity index (χ3v) is 11.8. The van der Waals surface area contributed by atoms with Crippen molar-refractivity contribution in [1.82, 2.24) is 4.90 Å². The van der Waals surface area contributed by atoms with E-state index in [1.54, 1.807) is 4.90 Å². The van der Waals surface area contributed by atoms with Gasteiger partial charge in [-0.05, 0) is 67.9 Å². The maximum Gasteiger partial charge on any atom is 0.430 e. The first-order valence-electron chi connectivity index (χ1n) is 16.2. The number of nitrogens with zero attached hydrogens (tertiary/aromatic N) is 1. The molecule has 1 unspecified atom stereocenters. The first-order valence-corrected chi connectivity index (χ1v) is 17.4. The Morgan fingerprint density at radius 1 is 0.880 bits per heavy atom. The van der Waals surface area contributed by atoms with Crippen LogP contribution in [0.2, 0.25) is 0 Å². The van der Waals surface area contributed by atoms with Crippen LogP contribution in [-0.2, 0) is 35.5 Å². The van der Waals surface area contributed by atoms with Gasteiger partial charge in [0.05, 0.1) is 22.2 Å². The maximum absolute atomic E-state index is 14.5. The molecular weight excluding hydrogens is 705 g/mol. The van der Waals surface area contributed by atoms with Gasteiger partial charge in [0, 0.05) is 42.3 Å². The van der Waals surface area contributed by atoms with Crippen LogP contribution in [0, 0.1) is 17.7 Å². The van der Waals surface area contributed by atoms with Gasteiger partial charge in [0.15, 0.2) is 0 Å². The van der Waals surface area contributed by atoms with E-state index >= 15 is 0 Å². The quantitative estimate of drug-likeness (QED) is 0.217. The molecule has 1 N–H and O–H groups in total. The summed E-state index contributed by atoms with van der Waals surface area (Å²) in [4.78, 5) is 23.5. The number of rotatable bonds is 8. The van der Waals surface area contributed by atoms with Gasteiger partial charge < -0.3 is 14.7 Å². The van der Waals surface area contributed by atoms with Crippen molar-refractivity contribution >= 4 is 23.2 Å². The summed E-state index contributed by atoms with van der Waals surface area (Å²) in [6, 6.07) is 8.14. The summed E-state index contributed by atoms with van der Waals surface area (Å²) < 4.78 is 145. The van der Waals surface area contributed by atoms with Crippen molar-refractivity contribution in [2.75, 3.05) is 19.7 Å². The van der Waals surface area contributed by atoms with Gasteiger partial charge in [-0.3, -0.25) is 13.8 Å². The Morgan fingerprint density at radius 2 is 1.42 bits per heavy atom. The zero-order chi connectivity index (χ0) is 37.0. The monoisotopic (exact) mass is 743 g/mol. The van der Waals surface area contributed by atoms with E-state index in [0.717, 1.165) is 43.5 Å². The third-order valence-electron chi connectivity index (χ3n) is 9.87. The van der Waals surface area contributed by atoms with Gasteiger partial charge in [-0.15, -0.1) is 0 Å². The van der Waals surface area contributed by atoms with E-state index in [4.69, 9.17) is 14.6 Å². The Bertz CT molecular complexity index is 1450. The summed E-state index contributed by atoms with van der Waals surface area (Å²) in [7, 11) is -1.99. The van der Waals surface area contributed by atoms with Crippen molar-refractivity contribution in [3.8, 4) is 0 Å². The van der Waals surface area contributed by atoms with E-state index in [1.807, 2.05) is 0 Å². The Labute approximate surface area is 285 Å². The van der Waals surface area contributed by atoms with Crippen LogP contribution in [0.1, 0.15) is 75.3 Å². The predicted octanol–water partition coefficient (Wildman–Crippen LogP) is 8.50. The lowest BCUT2D eigenvalue weighted by Crippen LogP contribution is -2.56. The van der Waals surface area contributed by atoms with Gasteiger partial charge in [-0.2, -0.15) is 26.3 Å². The van der Waals surface area contributed by atoms with Gasteiger partial charge in [-0.25, -0.2) is 13.2 Å². The second kappa shape index (κ2) is 15.6. The second-order valence-corrected chi connectivity index (χ2v) is 14.8. The molecule has 0 bridgehead atoms. The maximum atomic E-state index is 14.5. The Kier molecular flexibility index (Phi) is 12.4. The Balaban J connectivity index is 0.00000181. The highest BCUT2D eigenvalue weighted by Gasteiger charge is 2.73. The average Bonchev–Trinajstić information content (AvgIpc) is 3.52. The lowest BCUT2D eigenvalue weighted by atomic mass is 9.86. The van der Waals surface area contributed by atoms with Gasteiger partial charge in [0.1, 0.15) is 5.82 Å². The zero-order valence-electron chi connectivity index (χ0n) is 26.9. The molecule has 1 aliphatic heterocycles. The van der Waals surface area contributed by atoms with Crippen LogP contribution in [0.15, 0.2) is 53.4 Å². The molecular formula is C34H38F9NO5S. The highest BCUT2D eigenvalue weighted by molar-refractivity contribution is 7.86. The fourth-order valence-corrected chi connectivity index (χ4v) is 8.84. The molecule has 3 aliphatic rings. The van der Waals surface area contributed by atoms with E-state index in [1.165, 1.54) is 12.1 Å². The standard InChI is InChI=1S/C33H36F9NO3S.CH2O2/c34-26-10-12-27(13-11-26)47(45)29(18-19-43(21-29)28(44)23-4-2-1-3-5-23)24-6-8-25(9-7-24)31(32(37,38)39,33(40,41)42)46-20-22-14-16-30(35,36)17-15-22;2-1-3/h6-13,22-23H,1-5,14-21H2;1H,(H,2,3)/t29-,47?;/m0./s1. The summed E-state index contributed by atoms with van der Waals surface area (Å²) in [5, 5.41) is 6.89. The van der Waals surface area contributed by atoms with Gasteiger partial charge in [-0.1, -0.05) is 43.5 Å². The Morgan fingerprint density at radius 3 is 1.94 bits per heavy atom. The normalized spacial score (nSPS) is 22.8. The van der Waals surface area contributed by atoms with E-state index in [0.29, 0.717) is 25.0 Å². The van der Waals surface area contributed by atoms with Crippen LogP contribution >= 0.6 is 0 Å². The third kappa shape index (κ3) is 8.32. The van der Waals surface area contributed by atoms with Crippen molar-refractivity contribution in [1.29, 1.82) is 0 Å². The van der Waals surface area contributed by atoms with Crippen LogP contribution < -0.4 is 0 Å². The molecule has 1 amide bonds. The highest BCUT2D eigenvalue weighted by atomic mass is 32.2. The lowest BCUT2D eigenvalue weighted by Gasteiger charge is -2.39. The smallest absolute Gasteiger partial charge is 0.430 e. The highest BCUT2D eigenvalue weighted by Crippen LogP contribution is 2.54. The van der Waals surface area contributed by atoms with E-state index in [9.17, 15) is 48.5 Å². The molecule has 3 fully saturated rings. The number of hydrogen-bond donors (Lipinski definition) is 1. The lowest BCUT2D eigenvalue weighted by molar-refractivity contribution is -0.391. The number of likely N-dealkylation sites (tertiary alicyclic amines) is 1. The molecule has 16 heteroatoms. The molecule has 1 heterocycles. The molecule has 6 nitrogen and oxygen atoms in total. The van der Waals surface area contributed by atoms with Crippen molar-refractivity contribution in [3.63, 3.8) is 0 Å². The fourth-order valence-electron chi connectivity index (χ4n) is 7.11. The topological polar surface area (TPSA) is 83.9 Å². The number of carbonyl (C=O) groups is 2. The fraction of sp³-hybridized carbons (Fsp3) is 0.588. The number of halogens is 9. The molecule has 2 saturated carbocycles. The van der Waals surface area contributed by atoms with Crippen LogP contribution in [-0.4, -0.2) is 64.6 Å². The molecule has 0 spiro atoms. The molecule has 0 aromatic heterocycles. The number of alkyl halides is 8. The van der Waals surface area contributed by atoms with Gasteiger partial charge in [0.2, 0.25) is 11.8 Å². The van der Waals surface area contributed by atoms with Gasteiger partial charge in [0.25, 0.3) is 12.1 Å². The van der Waals surface area contributed by atoms with Crippen molar-refractivity contribution < 1.29 is 63.2 Å². The van der Waals surface area contributed by atoms with Crippen molar-refractivity contribution in [2.45, 2.75) is 97.7 Å². The van der Waals surface area contributed by atoms with Crippen LogP contribution in [0.3, 0.4) is 0 Å². The number of hydrogen-bond acceptors (Lipinski definition) is 4. The second-order valence-electron chi connectivity index (χ2n) is 13.0. The number of benzene rings is 2. The Hall–Kier alpha value is -3.14. The van der Waals surface area contributed by atoms with E-state index in [2.05, 4.69) is 0 Å². The summed E-state index contributed by atoms with van der Waals surface area (Å²) in [6.45, 7) is -1.21. The minimum atomic E-state index is -5.98. The molecule has 2 atom stereocenters. The summed E-state index contributed by atoms with van der Waals surface area (Å²) in [5.41, 5.74) is -5.87. The summed E-state index contributed by atoms with van der Waals surface area (Å²) >= 11 is 0. The first-order chi connectivity index (χ1) is 23.4. The van der Waals surface area contributed by atoms with E-state index < -0.39 is 76.2 Å². The minimum Gasteiger partial charge on any atom is -0.483 e. The summed E-state index contributed by atoms with van der Waals surface area (Å²) in [5.74, 6) is -4.92.